The number of hydrogen-bond donors (Lipinski definition) is 3. The molecule has 0 fully saturated rings. The maximum atomic E-state index is 12.5. The number of benzene rings is 2. The van der Waals surface area contributed by atoms with E-state index in [4.69, 9.17) is 5.11 Å². The van der Waals surface area contributed by atoms with Crippen LogP contribution in [0.1, 0.15) is 47.7 Å². The number of carbonyl (C=O) groups excluding carboxylic acids is 1. The van der Waals surface area contributed by atoms with Gasteiger partial charge in [0.05, 0.1) is 6.04 Å². The fourth-order valence-electron chi connectivity index (χ4n) is 2.94. The summed E-state index contributed by atoms with van der Waals surface area (Å²) in [5.74, 6) is -1.75. The molecule has 0 radical (unpaired) electrons. The number of aliphatic hydroxyl groups is 1. The van der Waals surface area contributed by atoms with Gasteiger partial charge in [-0.1, -0.05) is 62.2 Å². The number of carboxylic acid groups (broad SMARTS) is 1. The van der Waals surface area contributed by atoms with Gasteiger partial charge in [-0.05, 0) is 42.5 Å². The molecule has 0 saturated heterocycles. The van der Waals surface area contributed by atoms with Gasteiger partial charge in [0, 0.05) is 5.56 Å². The van der Waals surface area contributed by atoms with Crippen LogP contribution >= 0.6 is 0 Å². The first-order valence-electron chi connectivity index (χ1n) is 9.36. The quantitative estimate of drug-likeness (QED) is 0.561. The Morgan fingerprint density at radius 3 is 2.22 bits per heavy atom. The Labute approximate surface area is 160 Å². The molecule has 1 amide bonds. The van der Waals surface area contributed by atoms with Crippen LogP contribution in [0, 0.1) is 0 Å². The van der Waals surface area contributed by atoms with Gasteiger partial charge >= 0.3 is 5.97 Å². The monoisotopic (exact) mass is 369 g/mol. The molecule has 0 spiro atoms. The second-order valence-corrected chi connectivity index (χ2v) is 6.71. The van der Waals surface area contributed by atoms with Gasteiger partial charge in [0.15, 0.2) is 6.10 Å². The van der Waals surface area contributed by atoms with Crippen LogP contribution in [-0.4, -0.2) is 34.2 Å². The van der Waals surface area contributed by atoms with Crippen LogP contribution in [0.3, 0.4) is 0 Å². The summed E-state index contributed by atoms with van der Waals surface area (Å²) < 4.78 is 0. The molecule has 0 saturated carbocycles. The first kappa shape index (κ1) is 20.6. The highest BCUT2D eigenvalue weighted by Crippen LogP contribution is 2.11. The number of amides is 1. The lowest BCUT2D eigenvalue weighted by Gasteiger charge is -2.21. The number of aliphatic carboxylic acids is 1. The maximum Gasteiger partial charge on any atom is 0.334 e. The zero-order valence-corrected chi connectivity index (χ0v) is 15.6. The Kier molecular flexibility index (Phi) is 8.01. The summed E-state index contributed by atoms with van der Waals surface area (Å²) in [7, 11) is 0. The van der Waals surface area contributed by atoms with E-state index >= 15 is 0 Å². The van der Waals surface area contributed by atoms with Crippen molar-refractivity contribution in [3.05, 3.63) is 71.3 Å². The van der Waals surface area contributed by atoms with Crippen molar-refractivity contribution >= 4 is 11.9 Å². The summed E-state index contributed by atoms with van der Waals surface area (Å²) in [6.07, 6.45) is 2.99. The van der Waals surface area contributed by atoms with Gasteiger partial charge in [-0.3, -0.25) is 4.79 Å². The molecule has 0 aliphatic carbocycles. The number of hydrogen-bond acceptors (Lipinski definition) is 3. The molecule has 3 N–H and O–H groups in total. The summed E-state index contributed by atoms with van der Waals surface area (Å²) in [6.45, 7) is 2.16. The third-order valence-corrected chi connectivity index (χ3v) is 4.53. The van der Waals surface area contributed by atoms with Crippen LogP contribution in [0.5, 0.6) is 0 Å². The molecule has 0 aromatic heterocycles. The molecule has 5 nitrogen and oxygen atoms in total. The van der Waals surface area contributed by atoms with Gasteiger partial charge in [-0.25, -0.2) is 4.79 Å². The standard InChI is InChI=1S/C22H27NO4/c1-2-3-5-8-16-11-13-18(14-12-16)21(25)23-19(20(24)22(26)27)15-17-9-6-4-7-10-17/h4,6-7,9-14,19-20,24H,2-3,5,8,15H2,1H3,(H,23,25)(H,26,27)/t19-,20-/m1/s1. The molecule has 0 heterocycles. The van der Waals surface area contributed by atoms with Gasteiger partial charge in [0.2, 0.25) is 0 Å². The summed E-state index contributed by atoms with van der Waals surface area (Å²) in [5, 5.41) is 21.8. The van der Waals surface area contributed by atoms with E-state index < -0.39 is 24.0 Å². The van der Waals surface area contributed by atoms with Crippen molar-refractivity contribution in [2.24, 2.45) is 0 Å². The van der Waals surface area contributed by atoms with Crippen molar-refractivity contribution in [1.82, 2.24) is 5.32 Å². The molecule has 0 unspecified atom stereocenters. The van der Waals surface area contributed by atoms with Crippen molar-refractivity contribution in [3.8, 4) is 0 Å². The van der Waals surface area contributed by atoms with E-state index in [1.807, 2.05) is 42.5 Å². The first-order valence-corrected chi connectivity index (χ1v) is 9.36. The smallest absolute Gasteiger partial charge is 0.334 e. The normalized spacial score (nSPS) is 13.0. The predicted octanol–water partition coefficient (Wildman–Crippen LogP) is 3.21. The molecule has 2 aromatic carbocycles. The third kappa shape index (κ3) is 6.53. The van der Waals surface area contributed by atoms with Gasteiger partial charge in [0.1, 0.15) is 0 Å². The zero-order chi connectivity index (χ0) is 19.6. The molecule has 0 aliphatic heterocycles. The second-order valence-electron chi connectivity index (χ2n) is 6.71. The van der Waals surface area contributed by atoms with Crippen LogP contribution in [0.4, 0.5) is 0 Å². The van der Waals surface area contributed by atoms with Gasteiger partial charge < -0.3 is 15.5 Å². The lowest BCUT2D eigenvalue weighted by molar-refractivity contribution is -0.148. The Morgan fingerprint density at radius 1 is 0.963 bits per heavy atom. The van der Waals surface area contributed by atoms with E-state index in [9.17, 15) is 14.7 Å². The van der Waals surface area contributed by atoms with Crippen molar-refractivity contribution in [1.29, 1.82) is 0 Å². The highest BCUT2D eigenvalue weighted by Gasteiger charge is 2.27. The van der Waals surface area contributed by atoms with Crippen LogP contribution in [-0.2, 0) is 17.6 Å². The lowest BCUT2D eigenvalue weighted by Crippen LogP contribution is -2.48. The van der Waals surface area contributed by atoms with Gasteiger partial charge in [-0.15, -0.1) is 0 Å². The van der Waals surface area contributed by atoms with E-state index in [1.165, 1.54) is 12.0 Å². The number of aliphatic hydroxyl groups excluding tert-OH is 1. The van der Waals surface area contributed by atoms with E-state index in [1.54, 1.807) is 12.1 Å². The minimum Gasteiger partial charge on any atom is -0.479 e. The minimum absolute atomic E-state index is 0.231. The van der Waals surface area contributed by atoms with Crippen LogP contribution in [0.25, 0.3) is 0 Å². The predicted molar refractivity (Wildman–Crippen MR) is 105 cm³/mol. The zero-order valence-electron chi connectivity index (χ0n) is 15.6. The average molecular weight is 369 g/mol. The highest BCUT2D eigenvalue weighted by molar-refractivity contribution is 5.94. The molecular weight excluding hydrogens is 342 g/mol. The molecule has 27 heavy (non-hydrogen) atoms. The first-order chi connectivity index (χ1) is 13.0. The molecule has 144 valence electrons. The number of carboxylic acids is 1. The van der Waals surface area contributed by atoms with Crippen LogP contribution in [0.2, 0.25) is 0 Å². The van der Waals surface area contributed by atoms with Crippen molar-refractivity contribution in [3.63, 3.8) is 0 Å². The largest absolute Gasteiger partial charge is 0.479 e. The lowest BCUT2D eigenvalue weighted by atomic mass is 10.00. The number of aryl methyl sites for hydroxylation is 1. The van der Waals surface area contributed by atoms with Crippen molar-refractivity contribution in [2.75, 3.05) is 0 Å². The fraction of sp³-hybridized carbons (Fsp3) is 0.364. The van der Waals surface area contributed by atoms with Crippen LogP contribution in [0.15, 0.2) is 54.6 Å². The Balaban J connectivity index is 2.04. The Morgan fingerprint density at radius 2 is 1.63 bits per heavy atom. The average Bonchev–Trinajstić information content (AvgIpc) is 2.68. The summed E-state index contributed by atoms with van der Waals surface area (Å²) in [4.78, 5) is 23.7. The Bertz CT molecular complexity index is 728. The molecular formula is C22H27NO4. The number of unbranched alkanes of at least 4 members (excludes halogenated alkanes) is 2. The van der Waals surface area contributed by atoms with Crippen LogP contribution < -0.4 is 5.32 Å². The van der Waals surface area contributed by atoms with Crippen molar-refractivity contribution in [2.45, 2.75) is 51.2 Å². The topological polar surface area (TPSA) is 86.6 Å². The summed E-state index contributed by atoms with van der Waals surface area (Å²) >= 11 is 0. The number of nitrogens with one attached hydrogen (secondary N) is 1. The summed E-state index contributed by atoms with van der Waals surface area (Å²) in [6, 6.07) is 15.6. The van der Waals surface area contributed by atoms with E-state index in [-0.39, 0.29) is 6.42 Å². The number of rotatable bonds is 10. The van der Waals surface area contributed by atoms with Crippen molar-refractivity contribution < 1.29 is 19.8 Å². The van der Waals surface area contributed by atoms with E-state index in [0.29, 0.717) is 5.56 Å². The summed E-state index contributed by atoms with van der Waals surface area (Å²) in [5.41, 5.74) is 2.46. The minimum atomic E-state index is -1.68. The SMILES string of the molecule is CCCCCc1ccc(C(=O)N[C@H](Cc2ccccc2)[C@@H](O)C(=O)O)cc1. The fourth-order valence-corrected chi connectivity index (χ4v) is 2.94. The molecule has 2 atom stereocenters. The van der Waals surface area contributed by atoms with E-state index in [0.717, 1.165) is 24.8 Å². The van der Waals surface area contributed by atoms with E-state index in [2.05, 4.69) is 12.2 Å². The molecule has 2 aromatic rings. The highest BCUT2D eigenvalue weighted by atomic mass is 16.4. The number of carbonyl (C=O) groups is 2. The van der Waals surface area contributed by atoms with Gasteiger partial charge in [-0.2, -0.15) is 0 Å². The molecule has 0 aliphatic rings. The molecule has 2 rings (SSSR count). The molecule has 5 heteroatoms. The molecule has 0 bridgehead atoms. The maximum absolute atomic E-state index is 12.5. The van der Waals surface area contributed by atoms with Gasteiger partial charge in [0.25, 0.3) is 5.91 Å². The Hall–Kier alpha value is -2.66. The second kappa shape index (κ2) is 10.5. The third-order valence-electron chi connectivity index (χ3n) is 4.53.